The molecule has 1 aromatic rings. The van der Waals surface area contributed by atoms with Crippen LogP contribution in [0.5, 0.6) is 0 Å². The van der Waals surface area contributed by atoms with Gasteiger partial charge in [0.25, 0.3) is 10.1 Å². The van der Waals surface area contributed by atoms with Crippen molar-refractivity contribution in [1.82, 2.24) is 0 Å². The molecule has 0 atom stereocenters. The van der Waals surface area contributed by atoms with Crippen LogP contribution in [0.1, 0.15) is 63.7 Å². The first-order valence-corrected chi connectivity index (χ1v) is 9.50. The van der Waals surface area contributed by atoms with Gasteiger partial charge < -0.3 is 10.9 Å². The molecule has 0 heterocycles. The molecule has 9 heteroatoms. The predicted octanol–water partition coefficient (Wildman–Crippen LogP) is 0.456. The number of carbonyl (C=O) groups excluding carboxylic acids is 2. The predicted molar refractivity (Wildman–Crippen MR) is 96.8 cm³/mol. The second-order valence-electron chi connectivity index (χ2n) is 8.46. The maximum atomic E-state index is 12.2. The molecular formula is C18H27LiO7S. The monoisotopic (exact) mass is 394 g/mol. The van der Waals surface area contributed by atoms with Crippen molar-refractivity contribution >= 4 is 22.1 Å². The summed E-state index contributed by atoms with van der Waals surface area (Å²) in [6.45, 7) is 11.3. The Labute approximate surface area is 174 Å². The molecule has 1 aromatic carbocycles. The van der Waals surface area contributed by atoms with Gasteiger partial charge in [0.2, 0.25) is 0 Å². The maximum Gasteiger partial charge on any atom is 1.00 e. The summed E-state index contributed by atoms with van der Waals surface area (Å²) in [7, 11) is -4.74. The molecule has 148 valence electrons. The fourth-order valence-electron chi connectivity index (χ4n) is 1.76. The van der Waals surface area contributed by atoms with E-state index >= 15 is 0 Å². The summed E-state index contributed by atoms with van der Waals surface area (Å²) in [4.78, 5) is 23.6. The van der Waals surface area contributed by atoms with Gasteiger partial charge in [-0.2, -0.15) is 8.42 Å². The average Bonchev–Trinajstić information content (AvgIpc) is 2.47. The third-order valence-corrected chi connectivity index (χ3v) is 3.88. The summed E-state index contributed by atoms with van der Waals surface area (Å²) in [5, 5.41) is 0. The normalized spacial score (nSPS) is 12.1. The zero-order chi connectivity index (χ0) is 20.3. The summed E-state index contributed by atoms with van der Waals surface area (Å²) in [5.74, 6) is -1.65. The number of esters is 2. The summed E-state index contributed by atoms with van der Waals surface area (Å²) in [6, 6.07) is 3.29. The van der Waals surface area contributed by atoms with Crippen LogP contribution >= 0.6 is 0 Å². The molecule has 0 spiro atoms. The molecule has 0 fully saturated rings. The quantitative estimate of drug-likeness (QED) is 0.439. The molecule has 0 amide bonds. The van der Waals surface area contributed by atoms with E-state index in [1.807, 2.05) is 41.5 Å². The van der Waals surface area contributed by atoms with Crippen molar-refractivity contribution in [2.24, 2.45) is 10.8 Å². The number of ether oxygens (including phenoxy) is 2. The Morgan fingerprint density at radius 3 is 1.81 bits per heavy atom. The fraction of sp³-hybridized carbons (Fsp3) is 0.556. The Hall–Kier alpha value is -1.33. The van der Waals surface area contributed by atoms with Gasteiger partial charge in [0.15, 0.2) is 0 Å². The smallest absolute Gasteiger partial charge is 1.00 e. The summed E-state index contributed by atoms with van der Waals surface area (Å²) in [5.41, 5.74) is -1.01. The van der Waals surface area contributed by atoms with E-state index in [1.54, 1.807) is 0 Å². The van der Waals surface area contributed by atoms with Crippen molar-refractivity contribution in [3.63, 3.8) is 0 Å². The number of carbonyl (C=O) groups is 2. The molecule has 1 N–H and O–H groups in total. The minimum Gasteiger partial charge on any atom is -1.00 e. The Bertz CT molecular complexity index is 793. The molecule has 0 aliphatic carbocycles. The summed E-state index contributed by atoms with van der Waals surface area (Å²) < 4.78 is 42.9. The van der Waals surface area contributed by atoms with Crippen molar-refractivity contribution < 1.29 is 52.3 Å². The van der Waals surface area contributed by atoms with E-state index in [1.165, 1.54) is 6.07 Å². The summed E-state index contributed by atoms with van der Waals surface area (Å²) >= 11 is 0. The molecular weight excluding hydrogens is 367 g/mol. The van der Waals surface area contributed by atoms with Crippen LogP contribution in [0.3, 0.4) is 0 Å². The third-order valence-electron chi connectivity index (χ3n) is 2.99. The SMILES string of the molecule is CC(C)(C)COC(=O)c1ccc(C(=O)OCC(C)(C)C)c(S(=O)(=O)O)c1.[H-].[Li+]. The number of benzene rings is 1. The van der Waals surface area contributed by atoms with Crippen LogP contribution < -0.4 is 18.9 Å². The maximum absolute atomic E-state index is 12.2. The van der Waals surface area contributed by atoms with Crippen LogP contribution in [0.15, 0.2) is 23.1 Å². The van der Waals surface area contributed by atoms with E-state index in [-0.39, 0.29) is 55.5 Å². The van der Waals surface area contributed by atoms with Crippen molar-refractivity contribution in [1.29, 1.82) is 0 Å². The van der Waals surface area contributed by atoms with Gasteiger partial charge in [-0.25, -0.2) is 9.59 Å². The molecule has 0 aliphatic rings. The van der Waals surface area contributed by atoms with Gasteiger partial charge in [-0.15, -0.1) is 0 Å². The topological polar surface area (TPSA) is 107 Å². The van der Waals surface area contributed by atoms with E-state index in [0.717, 1.165) is 12.1 Å². The second kappa shape index (κ2) is 9.24. The van der Waals surface area contributed by atoms with Crippen molar-refractivity contribution in [3.05, 3.63) is 29.3 Å². The van der Waals surface area contributed by atoms with Crippen molar-refractivity contribution in [3.8, 4) is 0 Å². The minimum atomic E-state index is -4.74. The Kier molecular flexibility index (Phi) is 8.79. The van der Waals surface area contributed by atoms with Crippen molar-refractivity contribution in [2.45, 2.75) is 46.4 Å². The van der Waals surface area contributed by atoms with Crippen LogP contribution in [-0.2, 0) is 19.6 Å². The van der Waals surface area contributed by atoms with E-state index in [0.29, 0.717) is 0 Å². The van der Waals surface area contributed by atoms with Crippen LogP contribution in [0.2, 0.25) is 0 Å². The minimum absolute atomic E-state index is 0. The van der Waals surface area contributed by atoms with Crippen LogP contribution in [0.25, 0.3) is 0 Å². The first kappa shape index (κ1) is 25.7. The largest absolute Gasteiger partial charge is 1.00 e. The second-order valence-corrected chi connectivity index (χ2v) is 9.85. The zero-order valence-electron chi connectivity index (χ0n) is 18.0. The van der Waals surface area contributed by atoms with Crippen LogP contribution in [0, 0.1) is 10.8 Å². The van der Waals surface area contributed by atoms with Gasteiger partial charge >= 0.3 is 30.8 Å². The van der Waals surface area contributed by atoms with E-state index in [4.69, 9.17) is 9.47 Å². The number of hydrogen-bond acceptors (Lipinski definition) is 6. The van der Waals surface area contributed by atoms with E-state index < -0.39 is 27.0 Å². The zero-order valence-corrected chi connectivity index (χ0v) is 17.8. The fourth-order valence-corrected chi connectivity index (χ4v) is 2.46. The molecule has 0 aliphatic heterocycles. The number of rotatable bonds is 5. The molecule has 0 bridgehead atoms. The molecule has 1 rings (SSSR count). The molecule has 0 saturated carbocycles. The molecule has 0 radical (unpaired) electrons. The van der Waals surface area contributed by atoms with E-state index in [2.05, 4.69) is 0 Å². The van der Waals surface area contributed by atoms with E-state index in [9.17, 15) is 22.6 Å². The van der Waals surface area contributed by atoms with Gasteiger partial charge in [-0.05, 0) is 29.0 Å². The van der Waals surface area contributed by atoms with Gasteiger partial charge in [-0.3, -0.25) is 4.55 Å². The first-order valence-electron chi connectivity index (χ1n) is 8.06. The average molecular weight is 394 g/mol. The Morgan fingerprint density at radius 2 is 1.41 bits per heavy atom. The molecule has 0 unspecified atom stereocenters. The molecule has 0 aromatic heterocycles. The third kappa shape index (κ3) is 8.93. The molecule has 27 heavy (non-hydrogen) atoms. The molecule has 0 saturated heterocycles. The number of hydrogen-bond donors (Lipinski definition) is 1. The summed E-state index contributed by atoms with van der Waals surface area (Å²) in [6.07, 6.45) is 0. The molecule has 7 nitrogen and oxygen atoms in total. The van der Waals surface area contributed by atoms with Gasteiger partial charge in [0, 0.05) is 0 Å². The standard InChI is InChI=1S/C18H26O7S.Li.H/c1-17(2,3)10-24-15(19)12-7-8-13(14(9-12)26(21,22)23)16(20)25-11-18(4,5)6;;/h7-9H,10-11H2,1-6H3,(H,21,22,23);;/q;+1;-1. The van der Waals surface area contributed by atoms with Crippen molar-refractivity contribution in [2.75, 3.05) is 13.2 Å². The Morgan fingerprint density at radius 1 is 0.963 bits per heavy atom. The van der Waals surface area contributed by atoms with Gasteiger partial charge in [0.1, 0.15) is 4.90 Å². The first-order chi connectivity index (χ1) is 11.6. The Balaban J connectivity index is 0. The van der Waals surface area contributed by atoms with Crippen LogP contribution in [0.4, 0.5) is 0 Å². The van der Waals surface area contributed by atoms with Gasteiger partial charge in [-0.1, -0.05) is 41.5 Å². The van der Waals surface area contributed by atoms with Crippen LogP contribution in [-0.4, -0.2) is 38.1 Å². The van der Waals surface area contributed by atoms with Gasteiger partial charge in [0.05, 0.1) is 24.3 Å².